The minimum atomic E-state index is -0.130. The summed E-state index contributed by atoms with van der Waals surface area (Å²) in [6, 6.07) is 11.3. The van der Waals surface area contributed by atoms with Crippen molar-refractivity contribution in [2.75, 3.05) is 46.3 Å². The number of benzene rings is 2. The summed E-state index contributed by atoms with van der Waals surface area (Å²) >= 11 is 1.53. The second-order valence-corrected chi connectivity index (χ2v) is 7.84. The molecule has 0 atom stereocenters. The first-order valence-corrected chi connectivity index (χ1v) is 9.80. The maximum Gasteiger partial charge on any atom is 0.260 e. The van der Waals surface area contributed by atoms with Crippen LogP contribution in [0.3, 0.4) is 0 Å². The van der Waals surface area contributed by atoms with Crippen LogP contribution in [0, 0.1) is 6.92 Å². The van der Waals surface area contributed by atoms with Crippen LogP contribution in [0.25, 0.3) is 10.2 Å². The predicted molar refractivity (Wildman–Crippen MR) is 114 cm³/mol. The lowest BCUT2D eigenvalue weighted by Gasteiger charge is -2.22. The van der Waals surface area contributed by atoms with Gasteiger partial charge in [-0.1, -0.05) is 17.4 Å². The van der Waals surface area contributed by atoms with E-state index >= 15 is 0 Å². The number of ether oxygens (including phenoxy) is 2. The van der Waals surface area contributed by atoms with E-state index < -0.39 is 0 Å². The Morgan fingerprint density at radius 2 is 1.71 bits per heavy atom. The van der Waals surface area contributed by atoms with Crippen molar-refractivity contribution in [1.82, 2.24) is 9.88 Å². The van der Waals surface area contributed by atoms with Gasteiger partial charge in [0.25, 0.3) is 5.91 Å². The second-order valence-electron chi connectivity index (χ2n) is 6.83. The van der Waals surface area contributed by atoms with Crippen LogP contribution in [0.15, 0.2) is 36.4 Å². The number of anilines is 1. The van der Waals surface area contributed by atoms with E-state index in [2.05, 4.69) is 13.0 Å². The number of aromatic nitrogens is 1. The number of fused-ring (bicyclic) bond motifs is 1. The minimum absolute atomic E-state index is 0.130. The first-order valence-electron chi connectivity index (χ1n) is 8.98. The zero-order valence-corrected chi connectivity index (χ0v) is 17.7. The Hall–Kier alpha value is -2.64. The van der Waals surface area contributed by atoms with E-state index in [9.17, 15) is 4.79 Å². The standard InChI is InChI=1S/C21H25N3O3S/c1-14-6-7-18-19(10-14)28-21(22-18)24(9-8-23(2)3)20(25)15-11-16(26-4)13-17(12-15)27-5/h6-7,10-13H,8-9H2,1-5H3. The molecule has 7 heteroatoms. The molecule has 0 fully saturated rings. The summed E-state index contributed by atoms with van der Waals surface area (Å²) in [5, 5.41) is 0.689. The van der Waals surface area contributed by atoms with Crippen LogP contribution < -0.4 is 14.4 Å². The van der Waals surface area contributed by atoms with E-state index in [0.717, 1.165) is 16.8 Å². The molecule has 2 aromatic carbocycles. The zero-order valence-electron chi connectivity index (χ0n) is 16.9. The van der Waals surface area contributed by atoms with Gasteiger partial charge in [-0.3, -0.25) is 9.69 Å². The number of likely N-dealkylation sites (N-methyl/N-ethyl adjacent to an activating group) is 1. The van der Waals surface area contributed by atoms with Crippen molar-refractivity contribution in [1.29, 1.82) is 0 Å². The van der Waals surface area contributed by atoms with Gasteiger partial charge in [-0.25, -0.2) is 4.98 Å². The summed E-state index contributed by atoms with van der Waals surface area (Å²) in [4.78, 5) is 21.9. The minimum Gasteiger partial charge on any atom is -0.497 e. The van der Waals surface area contributed by atoms with Gasteiger partial charge in [0.15, 0.2) is 5.13 Å². The van der Waals surface area contributed by atoms with Gasteiger partial charge in [0, 0.05) is 24.7 Å². The molecule has 0 unspecified atom stereocenters. The van der Waals surface area contributed by atoms with Gasteiger partial charge < -0.3 is 14.4 Å². The van der Waals surface area contributed by atoms with E-state index in [0.29, 0.717) is 28.7 Å². The first-order chi connectivity index (χ1) is 13.4. The molecule has 0 saturated heterocycles. The quantitative estimate of drug-likeness (QED) is 0.604. The lowest BCUT2D eigenvalue weighted by Crippen LogP contribution is -2.36. The molecule has 0 N–H and O–H groups in total. The molecule has 0 bridgehead atoms. The number of carbonyl (C=O) groups is 1. The fourth-order valence-corrected chi connectivity index (χ4v) is 3.89. The summed E-state index contributed by atoms with van der Waals surface area (Å²) in [5.41, 5.74) is 2.58. The molecular formula is C21H25N3O3S. The molecule has 0 aliphatic heterocycles. The monoisotopic (exact) mass is 399 g/mol. The van der Waals surface area contributed by atoms with Crippen molar-refractivity contribution in [3.05, 3.63) is 47.5 Å². The number of amides is 1. The number of rotatable bonds is 7. The fraction of sp³-hybridized carbons (Fsp3) is 0.333. The van der Waals surface area contributed by atoms with Crippen LogP contribution in [-0.2, 0) is 0 Å². The van der Waals surface area contributed by atoms with Crippen LogP contribution in [0.1, 0.15) is 15.9 Å². The molecule has 28 heavy (non-hydrogen) atoms. The van der Waals surface area contributed by atoms with Crippen LogP contribution in [-0.4, -0.2) is 57.2 Å². The third kappa shape index (κ3) is 4.43. The average Bonchev–Trinajstić information content (AvgIpc) is 3.09. The van der Waals surface area contributed by atoms with Crippen molar-refractivity contribution in [2.45, 2.75) is 6.92 Å². The van der Waals surface area contributed by atoms with Crippen molar-refractivity contribution in [3.8, 4) is 11.5 Å². The number of aryl methyl sites for hydroxylation is 1. The maximum absolute atomic E-state index is 13.4. The lowest BCUT2D eigenvalue weighted by atomic mass is 10.1. The number of thiazole rings is 1. The van der Waals surface area contributed by atoms with E-state index in [1.54, 1.807) is 37.3 Å². The predicted octanol–water partition coefficient (Wildman–Crippen LogP) is 3.83. The van der Waals surface area contributed by atoms with Crippen molar-refractivity contribution in [3.63, 3.8) is 0 Å². The van der Waals surface area contributed by atoms with Crippen LogP contribution in [0.5, 0.6) is 11.5 Å². The molecule has 0 aliphatic carbocycles. The lowest BCUT2D eigenvalue weighted by molar-refractivity contribution is 0.0984. The number of hydrogen-bond donors (Lipinski definition) is 0. The Labute approximate surface area is 169 Å². The van der Waals surface area contributed by atoms with Crippen molar-refractivity contribution in [2.24, 2.45) is 0 Å². The average molecular weight is 400 g/mol. The Morgan fingerprint density at radius 3 is 2.32 bits per heavy atom. The molecule has 0 radical (unpaired) electrons. The molecule has 3 rings (SSSR count). The van der Waals surface area contributed by atoms with Gasteiger partial charge in [-0.15, -0.1) is 0 Å². The molecular weight excluding hydrogens is 374 g/mol. The third-order valence-electron chi connectivity index (χ3n) is 4.38. The highest BCUT2D eigenvalue weighted by Crippen LogP contribution is 2.31. The Morgan fingerprint density at radius 1 is 1.04 bits per heavy atom. The van der Waals surface area contributed by atoms with Crippen LogP contribution >= 0.6 is 11.3 Å². The Kier molecular flexibility index (Phi) is 6.16. The summed E-state index contributed by atoms with van der Waals surface area (Å²) in [7, 11) is 7.11. The molecule has 1 aromatic heterocycles. The van der Waals surface area contributed by atoms with Gasteiger partial charge in [0.2, 0.25) is 0 Å². The highest BCUT2D eigenvalue weighted by molar-refractivity contribution is 7.22. The highest BCUT2D eigenvalue weighted by atomic mass is 32.1. The van der Waals surface area contributed by atoms with Gasteiger partial charge in [-0.05, 0) is 50.8 Å². The fourth-order valence-electron chi connectivity index (χ4n) is 2.81. The van der Waals surface area contributed by atoms with Gasteiger partial charge in [0.1, 0.15) is 11.5 Å². The molecule has 0 saturated carbocycles. The molecule has 0 aliphatic rings. The zero-order chi connectivity index (χ0) is 20.3. The topological polar surface area (TPSA) is 54.9 Å². The SMILES string of the molecule is COc1cc(OC)cc(C(=O)N(CCN(C)C)c2nc3ccc(C)cc3s2)c1. The van der Waals surface area contributed by atoms with E-state index in [4.69, 9.17) is 14.5 Å². The number of methoxy groups -OCH3 is 2. The molecule has 1 heterocycles. The van der Waals surface area contributed by atoms with E-state index in [1.165, 1.54) is 16.9 Å². The summed E-state index contributed by atoms with van der Waals surface area (Å²) < 4.78 is 11.7. The normalized spacial score (nSPS) is 11.1. The second kappa shape index (κ2) is 8.58. The number of nitrogens with zero attached hydrogens (tertiary/aromatic N) is 3. The largest absolute Gasteiger partial charge is 0.497 e. The summed E-state index contributed by atoms with van der Waals surface area (Å²) in [6.07, 6.45) is 0. The van der Waals surface area contributed by atoms with Gasteiger partial charge in [-0.2, -0.15) is 0 Å². The molecule has 1 amide bonds. The molecule has 3 aromatic rings. The third-order valence-corrected chi connectivity index (χ3v) is 5.42. The molecule has 148 valence electrons. The Bertz CT molecular complexity index is 962. The maximum atomic E-state index is 13.4. The Balaban J connectivity index is 2.02. The van der Waals surface area contributed by atoms with Gasteiger partial charge in [0.05, 0.1) is 24.4 Å². The number of carbonyl (C=O) groups excluding carboxylic acids is 1. The van der Waals surface area contributed by atoms with E-state index in [1.807, 2.05) is 31.1 Å². The van der Waals surface area contributed by atoms with E-state index in [-0.39, 0.29) is 5.91 Å². The summed E-state index contributed by atoms with van der Waals surface area (Å²) in [6.45, 7) is 3.31. The van der Waals surface area contributed by atoms with Gasteiger partial charge >= 0.3 is 0 Å². The van der Waals surface area contributed by atoms with Crippen LogP contribution in [0.2, 0.25) is 0 Å². The molecule has 6 nitrogen and oxygen atoms in total. The first kappa shape index (κ1) is 20.1. The number of hydrogen-bond acceptors (Lipinski definition) is 6. The van der Waals surface area contributed by atoms with Crippen molar-refractivity contribution < 1.29 is 14.3 Å². The highest BCUT2D eigenvalue weighted by Gasteiger charge is 2.22. The van der Waals surface area contributed by atoms with Crippen LogP contribution in [0.4, 0.5) is 5.13 Å². The summed E-state index contributed by atoms with van der Waals surface area (Å²) in [5.74, 6) is 1.03. The smallest absolute Gasteiger partial charge is 0.260 e. The molecule has 0 spiro atoms. The van der Waals surface area contributed by atoms with Crippen molar-refractivity contribution >= 4 is 32.6 Å².